The van der Waals surface area contributed by atoms with Gasteiger partial charge in [0.2, 0.25) is 10.0 Å². The second-order valence-corrected chi connectivity index (χ2v) is 6.68. The Labute approximate surface area is 122 Å². The number of hydrogen-bond acceptors (Lipinski definition) is 5. The molecule has 8 heteroatoms. The van der Waals surface area contributed by atoms with Crippen LogP contribution < -0.4 is 0 Å². The number of pyridine rings is 1. The van der Waals surface area contributed by atoms with E-state index in [-0.39, 0.29) is 29.2 Å². The van der Waals surface area contributed by atoms with Crippen LogP contribution in [-0.4, -0.2) is 42.9 Å². The van der Waals surface area contributed by atoms with Crippen LogP contribution >= 0.6 is 11.6 Å². The normalized spacial score (nSPS) is 15.3. The summed E-state index contributed by atoms with van der Waals surface area (Å²) < 4.78 is 31.0. The van der Waals surface area contributed by atoms with E-state index in [1.807, 2.05) is 0 Å². The number of ether oxygens (including phenoxy) is 1. The highest BCUT2D eigenvalue weighted by atomic mass is 35.5. The lowest BCUT2D eigenvalue weighted by molar-refractivity contribution is -0.143. The van der Waals surface area contributed by atoms with Crippen molar-refractivity contribution in [3.05, 3.63) is 23.5 Å². The zero-order chi connectivity index (χ0) is 14.8. The molecular formula is C12H15ClN2O4S. The maximum absolute atomic E-state index is 12.5. The smallest absolute Gasteiger partial charge is 0.321 e. The van der Waals surface area contributed by atoms with E-state index in [4.69, 9.17) is 16.3 Å². The molecule has 1 heterocycles. The molecule has 0 atom stereocenters. The van der Waals surface area contributed by atoms with Crippen molar-refractivity contribution in [3.63, 3.8) is 0 Å². The summed E-state index contributed by atoms with van der Waals surface area (Å²) in [5.41, 5.74) is 0. The van der Waals surface area contributed by atoms with Gasteiger partial charge in [-0.15, -0.1) is 0 Å². The van der Waals surface area contributed by atoms with Crippen LogP contribution in [0.3, 0.4) is 0 Å². The van der Waals surface area contributed by atoms with Gasteiger partial charge >= 0.3 is 5.97 Å². The molecule has 6 nitrogen and oxygen atoms in total. The minimum Gasteiger partial charge on any atom is -0.465 e. The summed E-state index contributed by atoms with van der Waals surface area (Å²) in [5, 5.41) is 0.215. The summed E-state index contributed by atoms with van der Waals surface area (Å²) in [6, 6.07) is 2.65. The van der Waals surface area contributed by atoms with E-state index in [0.29, 0.717) is 0 Å². The van der Waals surface area contributed by atoms with Crippen LogP contribution in [0.4, 0.5) is 0 Å². The number of esters is 1. The molecule has 110 valence electrons. The molecule has 1 aromatic heterocycles. The second-order valence-electron chi connectivity index (χ2n) is 4.40. The van der Waals surface area contributed by atoms with Crippen LogP contribution in [0.5, 0.6) is 0 Å². The molecular weight excluding hydrogens is 304 g/mol. The van der Waals surface area contributed by atoms with Gasteiger partial charge in [-0.05, 0) is 31.9 Å². The molecule has 0 spiro atoms. The number of sulfonamides is 1. The number of hydrogen-bond donors (Lipinski definition) is 0. The van der Waals surface area contributed by atoms with Gasteiger partial charge in [-0.25, -0.2) is 13.4 Å². The van der Waals surface area contributed by atoms with Crippen LogP contribution in [0.1, 0.15) is 19.8 Å². The van der Waals surface area contributed by atoms with Gasteiger partial charge in [-0.1, -0.05) is 11.6 Å². The Kier molecular flexibility index (Phi) is 4.62. The first-order valence-corrected chi connectivity index (χ1v) is 8.06. The van der Waals surface area contributed by atoms with Crippen molar-refractivity contribution in [2.24, 2.45) is 0 Å². The maximum Gasteiger partial charge on any atom is 0.321 e. The summed E-state index contributed by atoms with van der Waals surface area (Å²) >= 11 is 5.65. The predicted octanol–water partition coefficient (Wildman–Crippen LogP) is 1.45. The van der Waals surface area contributed by atoms with Gasteiger partial charge in [0.15, 0.2) is 0 Å². The Morgan fingerprint density at radius 1 is 1.50 bits per heavy atom. The molecule has 0 saturated heterocycles. The lowest BCUT2D eigenvalue weighted by Crippen LogP contribution is -2.38. The van der Waals surface area contributed by atoms with Gasteiger partial charge in [0.1, 0.15) is 16.6 Å². The summed E-state index contributed by atoms with van der Waals surface area (Å²) in [5.74, 6) is -0.551. The fraction of sp³-hybridized carbons (Fsp3) is 0.500. The Hall–Kier alpha value is -1.18. The topological polar surface area (TPSA) is 76.6 Å². The fourth-order valence-electron chi connectivity index (χ4n) is 1.76. The zero-order valence-corrected chi connectivity index (χ0v) is 12.5. The quantitative estimate of drug-likeness (QED) is 0.586. The molecule has 0 unspecified atom stereocenters. The summed E-state index contributed by atoms with van der Waals surface area (Å²) in [6.07, 6.45) is 2.69. The molecule has 0 radical (unpaired) electrons. The highest BCUT2D eigenvalue weighted by molar-refractivity contribution is 7.89. The average molecular weight is 319 g/mol. The molecule has 1 aliphatic rings. The molecule has 2 rings (SSSR count). The standard InChI is InChI=1S/C12H15ClN2O4S/c1-2-19-12(16)8-15(9-3-4-9)20(17,18)10-5-6-11(13)14-7-10/h5-7,9H,2-4,8H2,1H3. The van der Waals surface area contributed by atoms with E-state index in [2.05, 4.69) is 4.98 Å². The molecule has 20 heavy (non-hydrogen) atoms. The Bertz CT molecular complexity index is 584. The van der Waals surface area contributed by atoms with Crippen molar-refractivity contribution in [3.8, 4) is 0 Å². The lowest BCUT2D eigenvalue weighted by Gasteiger charge is -2.20. The predicted molar refractivity (Wildman–Crippen MR) is 72.8 cm³/mol. The van der Waals surface area contributed by atoms with Gasteiger partial charge in [-0.2, -0.15) is 4.31 Å². The van der Waals surface area contributed by atoms with Gasteiger partial charge in [-0.3, -0.25) is 4.79 Å². The van der Waals surface area contributed by atoms with E-state index >= 15 is 0 Å². The third kappa shape index (κ3) is 3.47. The molecule has 0 aliphatic heterocycles. The minimum atomic E-state index is -3.76. The molecule has 1 saturated carbocycles. The van der Waals surface area contributed by atoms with E-state index in [9.17, 15) is 13.2 Å². The molecule has 0 N–H and O–H groups in total. The van der Waals surface area contributed by atoms with Crippen molar-refractivity contribution in [1.29, 1.82) is 0 Å². The second kappa shape index (κ2) is 6.07. The van der Waals surface area contributed by atoms with Crippen LogP contribution in [0.25, 0.3) is 0 Å². The highest BCUT2D eigenvalue weighted by Crippen LogP contribution is 2.31. The number of carbonyl (C=O) groups is 1. The van der Waals surface area contributed by atoms with Crippen LogP contribution in [0.15, 0.2) is 23.2 Å². The summed E-state index contributed by atoms with van der Waals surface area (Å²) in [4.78, 5) is 15.3. The third-order valence-corrected chi connectivity index (χ3v) is 4.96. The monoisotopic (exact) mass is 318 g/mol. The van der Waals surface area contributed by atoms with E-state index in [1.54, 1.807) is 6.92 Å². The van der Waals surface area contributed by atoms with Crippen LogP contribution in [0.2, 0.25) is 5.15 Å². The molecule has 1 aromatic rings. The molecule has 1 aliphatic carbocycles. The van der Waals surface area contributed by atoms with E-state index in [1.165, 1.54) is 22.6 Å². The number of halogens is 1. The lowest BCUT2D eigenvalue weighted by atomic mass is 10.5. The van der Waals surface area contributed by atoms with Gasteiger partial charge in [0.25, 0.3) is 0 Å². The minimum absolute atomic E-state index is 0.0260. The largest absolute Gasteiger partial charge is 0.465 e. The van der Waals surface area contributed by atoms with Gasteiger partial charge in [0.05, 0.1) is 6.61 Å². The fourth-order valence-corrected chi connectivity index (χ4v) is 3.44. The Morgan fingerprint density at radius 2 is 2.20 bits per heavy atom. The molecule has 0 bridgehead atoms. The highest BCUT2D eigenvalue weighted by Gasteiger charge is 2.39. The number of aromatic nitrogens is 1. The first-order chi connectivity index (χ1) is 9.45. The Balaban J connectivity index is 2.23. The van der Waals surface area contributed by atoms with Crippen molar-refractivity contribution in [2.45, 2.75) is 30.7 Å². The first kappa shape index (κ1) is 15.2. The van der Waals surface area contributed by atoms with Gasteiger partial charge < -0.3 is 4.74 Å². The summed E-state index contributed by atoms with van der Waals surface area (Å²) in [6.45, 7) is 1.63. The van der Waals surface area contributed by atoms with Crippen molar-refractivity contribution >= 4 is 27.6 Å². The molecule has 0 aromatic carbocycles. The van der Waals surface area contributed by atoms with E-state index < -0.39 is 16.0 Å². The van der Waals surface area contributed by atoms with Crippen molar-refractivity contribution in [2.75, 3.05) is 13.2 Å². The summed E-state index contributed by atoms with van der Waals surface area (Å²) in [7, 11) is -3.76. The number of nitrogens with zero attached hydrogens (tertiary/aromatic N) is 2. The van der Waals surface area contributed by atoms with Crippen LogP contribution in [-0.2, 0) is 19.6 Å². The number of carbonyl (C=O) groups excluding carboxylic acids is 1. The van der Waals surface area contributed by atoms with Crippen molar-refractivity contribution < 1.29 is 17.9 Å². The van der Waals surface area contributed by atoms with Gasteiger partial charge in [0, 0.05) is 12.2 Å². The SMILES string of the molecule is CCOC(=O)CN(C1CC1)S(=O)(=O)c1ccc(Cl)nc1. The first-order valence-electron chi connectivity index (χ1n) is 6.24. The number of rotatable bonds is 6. The zero-order valence-electron chi connectivity index (χ0n) is 11.0. The maximum atomic E-state index is 12.5. The molecule has 0 amide bonds. The van der Waals surface area contributed by atoms with Crippen LogP contribution in [0, 0.1) is 0 Å². The van der Waals surface area contributed by atoms with E-state index in [0.717, 1.165) is 12.8 Å². The van der Waals surface area contributed by atoms with Crippen molar-refractivity contribution in [1.82, 2.24) is 9.29 Å². The molecule has 1 fully saturated rings. The Morgan fingerprint density at radius 3 is 2.70 bits per heavy atom. The average Bonchev–Trinajstić information content (AvgIpc) is 3.21. The third-order valence-electron chi connectivity index (χ3n) is 2.85.